The number of carbonyl (C=O) groups is 2. The predicted molar refractivity (Wildman–Crippen MR) is 77.8 cm³/mol. The number of nitrogens with zero attached hydrogens (tertiary/aromatic N) is 2. The number of halogens is 1. The number of benzene rings is 1. The highest BCUT2D eigenvalue weighted by Gasteiger charge is 2.36. The van der Waals surface area contributed by atoms with E-state index in [1.54, 1.807) is 25.2 Å². The lowest BCUT2D eigenvalue weighted by Crippen LogP contribution is -2.54. The first-order chi connectivity index (χ1) is 9.16. The lowest BCUT2D eigenvalue weighted by Gasteiger charge is -2.34. The maximum absolute atomic E-state index is 12.2. The zero-order valence-corrected chi connectivity index (χ0v) is 12.8. The molecule has 20 heavy (non-hydrogen) atoms. The molecule has 0 saturated carbocycles. The van der Waals surface area contributed by atoms with Crippen molar-refractivity contribution in [1.29, 1.82) is 0 Å². The molecule has 0 atom stereocenters. The van der Waals surface area contributed by atoms with Crippen LogP contribution in [-0.4, -0.2) is 46.5 Å². The fourth-order valence-corrected chi connectivity index (χ4v) is 1.83. The fraction of sp³-hybridized carbons (Fsp3) is 0.429. The number of hydrogen-bond donors (Lipinski definition) is 1. The van der Waals surface area contributed by atoms with Gasteiger partial charge in [-0.15, -0.1) is 0 Å². The van der Waals surface area contributed by atoms with Gasteiger partial charge < -0.3 is 14.9 Å². The Morgan fingerprint density at radius 1 is 1.30 bits per heavy atom. The van der Waals surface area contributed by atoms with E-state index in [-0.39, 0.29) is 6.03 Å². The van der Waals surface area contributed by atoms with E-state index in [2.05, 4.69) is 0 Å². The van der Waals surface area contributed by atoms with Gasteiger partial charge in [-0.05, 0) is 31.5 Å². The number of carboxylic acids is 1. The molecule has 5 nitrogen and oxygen atoms in total. The van der Waals surface area contributed by atoms with E-state index in [9.17, 15) is 9.59 Å². The number of hydrogen-bond acceptors (Lipinski definition) is 2. The summed E-state index contributed by atoms with van der Waals surface area (Å²) in [4.78, 5) is 26.1. The van der Waals surface area contributed by atoms with Crippen LogP contribution in [0.3, 0.4) is 0 Å². The topological polar surface area (TPSA) is 60.9 Å². The van der Waals surface area contributed by atoms with E-state index in [0.29, 0.717) is 11.6 Å². The quantitative estimate of drug-likeness (QED) is 0.929. The standard InChI is InChI=1S/C14H19ClN2O3/c1-14(2,12(18)19)17(4)13(20)16(3)9-10-6-5-7-11(15)8-10/h5-8H,9H2,1-4H3,(H,18,19). The minimum absolute atomic E-state index is 0.361. The Balaban J connectivity index is 2.79. The van der Waals surface area contributed by atoms with Crippen LogP contribution in [0.5, 0.6) is 0 Å². The average molecular weight is 299 g/mol. The molecule has 110 valence electrons. The Kier molecular flexibility index (Phi) is 5.00. The summed E-state index contributed by atoms with van der Waals surface area (Å²) in [5.74, 6) is -1.05. The molecule has 1 aromatic rings. The molecule has 0 heterocycles. The van der Waals surface area contributed by atoms with Crippen LogP contribution in [0.25, 0.3) is 0 Å². The second-order valence-corrected chi connectivity index (χ2v) is 5.63. The van der Waals surface area contributed by atoms with E-state index in [0.717, 1.165) is 5.56 Å². The summed E-state index contributed by atoms with van der Waals surface area (Å²) in [6.45, 7) is 3.33. The van der Waals surface area contributed by atoms with Gasteiger partial charge in [0.2, 0.25) is 0 Å². The maximum Gasteiger partial charge on any atom is 0.329 e. The van der Waals surface area contributed by atoms with Crippen LogP contribution < -0.4 is 0 Å². The third-order valence-corrected chi connectivity index (χ3v) is 3.52. The first-order valence-electron chi connectivity index (χ1n) is 6.13. The summed E-state index contributed by atoms with van der Waals surface area (Å²) in [5.41, 5.74) is -0.380. The van der Waals surface area contributed by atoms with Crippen molar-refractivity contribution in [2.75, 3.05) is 14.1 Å². The second-order valence-electron chi connectivity index (χ2n) is 5.19. The van der Waals surface area contributed by atoms with Gasteiger partial charge >= 0.3 is 12.0 Å². The van der Waals surface area contributed by atoms with Crippen molar-refractivity contribution in [3.8, 4) is 0 Å². The van der Waals surface area contributed by atoms with Gasteiger partial charge in [-0.3, -0.25) is 0 Å². The minimum Gasteiger partial charge on any atom is -0.480 e. The predicted octanol–water partition coefficient (Wildman–Crippen LogP) is 2.69. The molecule has 6 heteroatoms. The minimum atomic E-state index is -1.26. The largest absolute Gasteiger partial charge is 0.480 e. The highest BCUT2D eigenvalue weighted by molar-refractivity contribution is 6.30. The molecule has 2 amide bonds. The lowest BCUT2D eigenvalue weighted by atomic mass is 10.0. The van der Waals surface area contributed by atoms with Crippen molar-refractivity contribution in [2.24, 2.45) is 0 Å². The Bertz CT molecular complexity index is 517. The summed E-state index contributed by atoms with van der Waals surface area (Å²) in [6.07, 6.45) is 0. The van der Waals surface area contributed by atoms with Crippen molar-refractivity contribution in [3.63, 3.8) is 0 Å². The molecule has 1 rings (SSSR count). The molecule has 0 bridgehead atoms. The van der Waals surface area contributed by atoms with Crippen LogP contribution in [0.2, 0.25) is 5.02 Å². The number of likely N-dealkylation sites (N-methyl/N-ethyl adjacent to an activating group) is 1. The van der Waals surface area contributed by atoms with Crippen molar-refractivity contribution >= 4 is 23.6 Å². The zero-order valence-electron chi connectivity index (χ0n) is 12.1. The zero-order chi connectivity index (χ0) is 15.5. The van der Waals surface area contributed by atoms with Gasteiger partial charge in [0.15, 0.2) is 0 Å². The maximum atomic E-state index is 12.2. The molecule has 1 aromatic carbocycles. The first kappa shape index (κ1) is 16.3. The molecule has 0 unspecified atom stereocenters. The summed E-state index contributed by atoms with van der Waals surface area (Å²) < 4.78 is 0. The van der Waals surface area contributed by atoms with Gasteiger partial charge in [0, 0.05) is 25.7 Å². The smallest absolute Gasteiger partial charge is 0.329 e. The number of urea groups is 1. The fourth-order valence-electron chi connectivity index (χ4n) is 1.62. The highest BCUT2D eigenvalue weighted by Crippen LogP contribution is 2.17. The second kappa shape index (κ2) is 6.13. The molecule has 0 spiro atoms. The van der Waals surface area contributed by atoms with E-state index < -0.39 is 11.5 Å². The van der Waals surface area contributed by atoms with Crippen LogP contribution in [0.4, 0.5) is 4.79 Å². The number of aliphatic carboxylic acids is 1. The highest BCUT2D eigenvalue weighted by atomic mass is 35.5. The molecule has 0 aliphatic heterocycles. The Morgan fingerprint density at radius 2 is 1.90 bits per heavy atom. The number of carboxylic acid groups (broad SMARTS) is 1. The third-order valence-electron chi connectivity index (χ3n) is 3.28. The normalized spacial score (nSPS) is 11.1. The van der Waals surface area contributed by atoms with E-state index in [4.69, 9.17) is 16.7 Å². The Labute approximate surface area is 123 Å². The molecule has 0 radical (unpaired) electrons. The summed E-state index contributed by atoms with van der Waals surface area (Å²) in [7, 11) is 3.10. The van der Waals surface area contributed by atoms with Crippen molar-refractivity contribution < 1.29 is 14.7 Å². The van der Waals surface area contributed by atoms with Crippen LogP contribution in [0.1, 0.15) is 19.4 Å². The molecule has 0 fully saturated rings. The molecule has 0 aromatic heterocycles. The van der Waals surface area contributed by atoms with Crippen LogP contribution >= 0.6 is 11.6 Å². The van der Waals surface area contributed by atoms with E-state index >= 15 is 0 Å². The van der Waals surface area contributed by atoms with Crippen molar-refractivity contribution in [1.82, 2.24) is 9.80 Å². The number of amides is 2. The molecule has 1 N–H and O–H groups in total. The molecular weight excluding hydrogens is 280 g/mol. The van der Waals surface area contributed by atoms with E-state index in [1.165, 1.54) is 30.7 Å². The van der Waals surface area contributed by atoms with Gasteiger partial charge in [0.05, 0.1) is 0 Å². The number of rotatable bonds is 4. The summed E-state index contributed by atoms with van der Waals surface area (Å²) in [6, 6.07) is 6.83. The van der Waals surface area contributed by atoms with Gasteiger partial charge in [-0.2, -0.15) is 0 Å². The molecular formula is C14H19ClN2O3. The van der Waals surface area contributed by atoms with Crippen LogP contribution in [0.15, 0.2) is 24.3 Å². The van der Waals surface area contributed by atoms with Crippen LogP contribution in [0, 0.1) is 0 Å². The van der Waals surface area contributed by atoms with Gasteiger partial charge in [-0.1, -0.05) is 23.7 Å². The van der Waals surface area contributed by atoms with Crippen molar-refractivity contribution in [3.05, 3.63) is 34.9 Å². The third kappa shape index (κ3) is 3.63. The summed E-state index contributed by atoms with van der Waals surface area (Å²) >= 11 is 5.89. The number of carbonyl (C=O) groups excluding carboxylic acids is 1. The van der Waals surface area contributed by atoms with E-state index in [1.807, 2.05) is 6.07 Å². The van der Waals surface area contributed by atoms with Crippen LogP contribution in [-0.2, 0) is 11.3 Å². The lowest BCUT2D eigenvalue weighted by molar-refractivity contribution is -0.147. The monoisotopic (exact) mass is 298 g/mol. The molecule has 0 aliphatic rings. The van der Waals surface area contributed by atoms with Gasteiger partial charge in [-0.25, -0.2) is 9.59 Å². The Morgan fingerprint density at radius 3 is 2.40 bits per heavy atom. The Hall–Kier alpha value is -1.75. The SMILES string of the molecule is CN(Cc1cccc(Cl)c1)C(=O)N(C)C(C)(C)C(=O)O. The molecule has 0 saturated heterocycles. The van der Waals surface area contributed by atoms with Crippen molar-refractivity contribution in [2.45, 2.75) is 25.9 Å². The van der Waals surface area contributed by atoms with Gasteiger partial charge in [0.25, 0.3) is 0 Å². The molecule has 0 aliphatic carbocycles. The average Bonchev–Trinajstić information content (AvgIpc) is 2.36. The summed E-state index contributed by atoms with van der Waals surface area (Å²) in [5, 5.41) is 9.74. The first-order valence-corrected chi connectivity index (χ1v) is 6.51. The van der Waals surface area contributed by atoms with Gasteiger partial charge in [0.1, 0.15) is 5.54 Å².